The molecule has 0 bridgehead atoms. The van der Waals surface area contributed by atoms with E-state index in [9.17, 15) is 8.42 Å². The molecule has 3 N–H and O–H groups in total. The van der Waals surface area contributed by atoms with Gasteiger partial charge in [0.05, 0.1) is 12.8 Å². The lowest BCUT2D eigenvalue weighted by Gasteiger charge is -2.24. The number of nitrogens with one attached hydrogen (secondary N) is 3. The number of aryl methyl sites for hydroxylation is 1. The van der Waals surface area contributed by atoms with Crippen molar-refractivity contribution in [3.8, 4) is 0 Å². The molecule has 0 spiro atoms. The van der Waals surface area contributed by atoms with Crippen LogP contribution in [0.2, 0.25) is 0 Å². The molecule has 0 fully saturated rings. The lowest BCUT2D eigenvalue weighted by molar-refractivity contribution is 0.536. The summed E-state index contributed by atoms with van der Waals surface area (Å²) in [6, 6.07) is 8.73. The van der Waals surface area contributed by atoms with Gasteiger partial charge < -0.3 is 10.6 Å². The van der Waals surface area contributed by atoms with E-state index in [1.54, 1.807) is 0 Å². The van der Waals surface area contributed by atoms with Gasteiger partial charge in [-0.3, -0.25) is 4.99 Å². The average molecular weight is 383 g/mol. The molecule has 0 unspecified atom stereocenters. The van der Waals surface area contributed by atoms with Crippen molar-refractivity contribution in [3.63, 3.8) is 0 Å². The molecule has 0 heterocycles. The van der Waals surface area contributed by atoms with Gasteiger partial charge in [0.1, 0.15) is 0 Å². The van der Waals surface area contributed by atoms with E-state index in [0.717, 1.165) is 18.9 Å². The first-order chi connectivity index (χ1) is 12.2. The zero-order valence-corrected chi connectivity index (χ0v) is 17.5. The third-order valence-corrected chi connectivity index (χ3v) is 4.86. The molecule has 0 amide bonds. The number of rotatable bonds is 10. The molecule has 1 aromatic carbocycles. The van der Waals surface area contributed by atoms with Gasteiger partial charge in [0, 0.05) is 25.0 Å². The van der Waals surface area contributed by atoms with E-state index >= 15 is 0 Å². The van der Waals surface area contributed by atoms with Crippen LogP contribution in [-0.2, 0) is 21.9 Å². The molecule has 0 radical (unpaired) electrons. The highest BCUT2D eigenvalue weighted by atomic mass is 32.2. The van der Waals surface area contributed by atoms with Crippen LogP contribution in [-0.4, -0.2) is 46.8 Å². The lowest BCUT2D eigenvalue weighted by Crippen LogP contribution is -2.39. The van der Waals surface area contributed by atoms with Crippen LogP contribution in [0.4, 0.5) is 0 Å². The maximum atomic E-state index is 11.1. The predicted octanol–water partition coefficient (Wildman–Crippen LogP) is 2.02. The van der Waals surface area contributed by atoms with Crippen molar-refractivity contribution in [2.75, 3.05) is 32.4 Å². The third-order valence-electron chi connectivity index (χ3n) is 4.13. The Labute approximate surface area is 158 Å². The van der Waals surface area contributed by atoms with E-state index < -0.39 is 10.0 Å². The average Bonchev–Trinajstić information content (AvgIpc) is 2.58. The molecule has 0 saturated carbocycles. The summed E-state index contributed by atoms with van der Waals surface area (Å²) in [6.45, 7) is 11.1. The van der Waals surface area contributed by atoms with E-state index in [1.165, 1.54) is 17.4 Å². The minimum atomic E-state index is -3.12. The maximum Gasteiger partial charge on any atom is 0.208 e. The number of hydrogen-bond donors (Lipinski definition) is 3. The first kappa shape index (κ1) is 22.4. The molecule has 0 aliphatic carbocycles. The van der Waals surface area contributed by atoms with E-state index in [-0.39, 0.29) is 5.41 Å². The first-order valence-corrected chi connectivity index (χ1v) is 11.1. The SMILES string of the molecule is CCNC(=NCC(C)(C)c1ccc(CC)cc1)NCCCNS(C)(=O)=O. The Morgan fingerprint density at radius 1 is 1.08 bits per heavy atom. The minimum absolute atomic E-state index is 0.0630. The lowest BCUT2D eigenvalue weighted by atomic mass is 9.84. The van der Waals surface area contributed by atoms with Gasteiger partial charge in [0.15, 0.2) is 5.96 Å². The number of aliphatic imine (C=N–C) groups is 1. The monoisotopic (exact) mass is 382 g/mol. The highest BCUT2D eigenvalue weighted by Crippen LogP contribution is 2.24. The molecule has 0 aromatic heterocycles. The minimum Gasteiger partial charge on any atom is -0.357 e. The molecule has 0 saturated heterocycles. The Morgan fingerprint density at radius 2 is 1.73 bits per heavy atom. The van der Waals surface area contributed by atoms with Crippen LogP contribution in [0.5, 0.6) is 0 Å². The van der Waals surface area contributed by atoms with Gasteiger partial charge in [-0.1, -0.05) is 45.0 Å². The molecular formula is C19H34N4O2S. The van der Waals surface area contributed by atoms with E-state index in [0.29, 0.717) is 26.1 Å². The molecule has 6 nitrogen and oxygen atoms in total. The normalized spacial score (nSPS) is 12.9. The Morgan fingerprint density at radius 3 is 2.27 bits per heavy atom. The van der Waals surface area contributed by atoms with Crippen molar-refractivity contribution in [1.82, 2.24) is 15.4 Å². The van der Waals surface area contributed by atoms with Crippen LogP contribution >= 0.6 is 0 Å². The maximum absolute atomic E-state index is 11.1. The van der Waals surface area contributed by atoms with Gasteiger partial charge in [-0.2, -0.15) is 0 Å². The van der Waals surface area contributed by atoms with E-state index in [1.807, 2.05) is 6.92 Å². The van der Waals surface area contributed by atoms with Crippen LogP contribution in [0.3, 0.4) is 0 Å². The van der Waals surface area contributed by atoms with Crippen LogP contribution in [0.15, 0.2) is 29.3 Å². The van der Waals surface area contributed by atoms with Gasteiger partial charge in [-0.15, -0.1) is 0 Å². The fourth-order valence-corrected chi connectivity index (χ4v) is 2.97. The third kappa shape index (κ3) is 8.67. The summed E-state index contributed by atoms with van der Waals surface area (Å²) in [5, 5.41) is 6.49. The Kier molecular flexibility index (Phi) is 9.08. The van der Waals surface area contributed by atoms with Crippen LogP contribution < -0.4 is 15.4 Å². The van der Waals surface area contributed by atoms with Crippen molar-refractivity contribution in [3.05, 3.63) is 35.4 Å². The summed E-state index contributed by atoms with van der Waals surface area (Å²) >= 11 is 0. The largest absolute Gasteiger partial charge is 0.357 e. The second-order valence-electron chi connectivity index (χ2n) is 7.08. The van der Waals surface area contributed by atoms with Gasteiger partial charge in [-0.25, -0.2) is 13.1 Å². The van der Waals surface area contributed by atoms with Crippen molar-refractivity contribution in [2.24, 2.45) is 4.99 Å². The van der Waals surface area contributed by atoms with Crippen LogP contribution in [0.25, 0.3) is 0 Å². The van der Waals surface area contributed by atoms with Crippen molar-refractivity contribution >= 4 is 16.0 Å². The molecular weight excluding hydrogens is 348 g/mol. The number of guanidine groups is 1. The van der Waals surface area contributed by atoms with Gasteiger partial charge >= 0.3 is 0 Å². The molecule has 148 valence electrons. The fraction of sp³-hybridized carbons (Fsp3) is 0.632. The second-order valence-corrected chi connectivity index (χ2v) is 8.91. The summed E-state index contributed by atoms with van der Waals surface area (Å²) in [4.78, 5) is 4.71. The topological polar surface area (TPSA) is 82.6 Å². The molecule has 1 rings (SSSR count). The van der Waals surface area contributed by atoms with Gasteiger partial charge in [0.2, 0.25) is 10.0 Å². The number of hydrogen-bond acceptors (Lipinski definition) is 3. The summed E-state index contributed by atoms with van der Waals surface area (Å²) < 4.78 is 24.6. The molecule has 0 aliphatic rings. The molecule has 0 atom stereocenters. The highest BCUT2D eigenvalue weighted by Gasteiger charge is 2.20. The molecule has 0 aliphatic heterocycles. The fourth-order valence-electron chi connectivity index (χ4n) is 2.45. The van der Waals surface area contributed by atoms with Crippen LogP contribution in [0, 0.1) is 0 Å². The first-order valence-electron chi connectivity index (χ1n) is 9.24. The Bertz CT molecular complexity index is 667. The Balaban J connectivity index is 2.60. The standard InChI is InChI=1S/C19H34N4O2S/c1-6-16-9-11-17(12-10-16)19(3,4)15-22-18(20-7-2)21-13-8-14-23-26(5,24)25/h9-12,23H,6-8,13-15H2,1-5H3,(H2,20,21,22). The zero-order chi connectivity index (χ0) is 19.6. The second kappa shape index (κ2) is 10.5. The van der Waals surface area contributed by atoms with Gasteiger partial charge in [-0.05, 0) is 30.9 Å². The summed E-state index contributed by atoms with van der Waals surface area (Å²) in [5.41, 5.74) is 2.55. The molecule has 7 heteroatoms. The number of benzene rings is 1. The summed E-state index contributed by atoms with van der Waals surface area (Å²) in [7, 11) is -3.12. The number of sulfonamides is 1. The van der Waals surface area contributed by atoms with E-state index in [4.69, 9.17) is 4.99 Å². The molecule has 26 heavy (non-hydrogen) atoms. The quantitative estimate of drug-likeness (QED) is 0.328. The highest BCUT2D eigenvalue weighted by molar-refractivity contribution is 7.88. The van der Waals surface area contributed by atoms with Crippen molar-refractivity contribution in [2.45, 2.75) is 46.0 Å². The number of nitrogens with zero attached hydrogens (tertiary/aromatic N) is 1. The predicted molar refractivity (Wildman–Crippen MR) is 110 cm³/mol. The zero-order valence-electron chi connectivity index (χ0n) is 16.7. The Hall–Kier alpha value is -1.60. The van der Waals surface area contributed by atoms with Gasteiger partial charge in [0.25, 0.3) is 0 Å². The smallest absolute Gasteiger partial charge is 0.208 e. The summed E-state index contributed by atoms with van der Waals surface area (Å²) in [6.07, 6.45) is 2.90. The van der Waals surface area contributed by atoms with Crippen LogP contribution in [0.1, 0.15) is 45.2 Å². The van der Waals surface area contributed by atoms with Crippen molar-refractivity contribution < 1.29 is 8.42 Å². The van der Waals surface area contributed by atoms with E-state index in [2.05, 4.69) is 60.4 Å². The van der Waals surface area contributed by atoms with Crippen molar-refractivity contribution in [1.29, 1.82) is 0 Å². The molecule has 1 aromatic rings. The summed E-state index contributed by atoms with van der Waals surface area (Å²) in [5.74, 6) is 0.755.